The number of carbonyl (C=O) groups excluding carboxylic acids is 1. The fraction of sp³-hybridized carbons (Fsp3) is 0.400. The maximum Gasteiger partial charge on any atom is 0.333 e. The second-order valence-electron chi connectivity index (χ2n) is 4.57. The standard InChI is InChI=1S/C15H17FOS2/c1-2-3-4-5-6-11-9-13(19-10-11)14-12(15(16)17)7-8-18-14/h7-10H,2-6H2,1H3. The zero-order chi connectivity index (χ0) is 13.7. The predicted molar refractivity (Wildman–Crippen MR) is 80.9 cm³/mol. The van der Waals surface area contributed by atoms with E-state index in [0.717, 1.165) is 16.2 Å². The van der Waals surface area contributed by atoms with E-state index in [4.69, 9.17) is 0 Å². The van der Waals surface area contributed by atoms with E-state index >= 15 is 0 Å². The fourth-order valence-corrected chi connectivity index (χ4v) is 4.02. The van der Waals surface area contributed by atoms with E-state index in [1.807, 2.05) is 0 Å². The summed E-state index contributed by atoms with van der Waals surface area (Å²) in [5, 5.41) is 3.89. The van der Waals surface area contributed by atoms with Crippen LogP contribution in [-0.2, 0) is 6.42 Å². The van der Waals surface area contributed by atoms with Gasteiger partial charge in [-0.1, -0.05) is 26.2 Å². The summed E-state index contributed by atoms with van der Waals surface area (Å²) in [5.41, 5.74) is 1.49. The summed E-state index contributed by atoms with van der Waals surface area (Å²) >= 11 is 3.02. The first kappa shape index (κ1) is 14.4. The van der Waals surface area contributed by atoms with E-state index in [0.29, 0.717) is 0 Å². The summed E-state index contributed by atoms with van der Waals surface area (Å²) in [5.74, 6) is 0. The first-order valence-electron chi connectivity index (χ1n) is 6.57. The molecule has 19 heavy (non-hydrogen) atoms. The zero-order valence-electron chi connectivity index (χ0n) is 10.9. The molecule has 0 aliphatic rings. The van der Waals surface area contributed by atoms with E-state index in [1.165, 1.54) is 42.6 Å². The molecular weight excluding hydrogens is 279 g/mol. The van der Waals surface area contributed by atoms with Crippen LogP contribution in [0.25, 0.3) is 9.75 Å². The van der Waals surface area contributed by atoms with Gasteiger partial charge in [0.15, 0.2) is 0 Å². The molecule has 0 amide bonds. The Hall–Kier alpha value is -1.00. The van der Waals surface area contributed by atoms with Crippen LogP contribution in [0, 0.1) is 0 Å². The maximum atomic E-state index is 12.9. The van der Waals surface area contributed by atoms with E-state index in [9.17, 15) is 9.18 Å². The lowest BCUT2D eigenvalue weighted by atomic mass is 10.1. The molecular formula is C15H17FOS2. The number of rotatable bonds is 7. The highest BCUT2D eigenvalue weighted by atomic mass is 32.1. The second-order valence-corrected chi connectivity index (χ2v) is 6.39. The highest BCUT2D eigenvalue weighted by molar-refractivity contribution is 7.20. The second kappa shape index (κ2) is 6.96. The third kappa shape index (κ3) is 3.74. The molecule has 0 aliphatic heterocycles. The minimum atomic E-state index is -1.34. The predicted octanol–water partition coefficient (Wildman–Crippen LogP) is 5.71. The number of carbonyl (C=O) groups is 1. The van der Waals surface area contributed by atoms with Crippen molar-refractivity contribution in [3.05, 3.63) is 34.0 Å². The third-order valence-electron chi connectivity index (χ3n) is 3.07. The number of unbranched alkanes of at least 4 members (excludes halogenated alkanes) is 3. The minimum Gasteiger partial charge on any atom is -0.255 e. The molecule has 0 spiro atoms. The highest BCUT2D eigenvalue weighted by Gasteiger charge is 2.15. The molecule has 0 aliphatic carbocycles. The van der Waals surface area contributed by atoms with Gasteiger partial charge in [-0.15, -0.1) is 22.7 Å². The molecule has 2 rings (SSSR count). The van der Waals surface area contributed by atoms with Gasteiger partial charge in [-0.2, -0.15) is 4.39 Å². The number of hydrogen-bond acceptors (Lipinski definition) is 3. The van der Waals surface area contributed by atoms with Crippen molar-refractivity contribution in [3.63, 3.8) is 0 Å². The number of thiophene rings is 2. The summed E-state index contributed by atoms with van der Waals surface area (Å²) in [6.45, 7) is 2.20. The molecule has 2 aromatic rings. The van der Waals surface area contributed by atoms with Gasteiger partial charge in [-0.05, 0) is 41.3 Å². The monoisotopic (exact) mass is 296 g/mol. The van der Waals surface area contributed by atoms with Gasteiger partial charge in [0.2, 0.25) is 0 Å². The largest absolute Gasteiger partial charge is 0.333 e. The molecule has 2 aromatic heterocycles. The lowest BCUT2D eigenvalue weighted by Gasteiger charge is -1.97. The number of halogens is 1. The van der Waals surface area contributed by atoms with Crippen molar-refractivity contribution in [2.75, 3.05) is 0 Å². The van der Waals surface area contributed by atoms with Crippen molar-refractivity contribution >= 4 is 28.7 Å². The molecule has 0 N–H and O–H groups in total. The van der Waals surface area contributed by atoms with Crippen LogP contribution < -0.4 is 0 Å². The van der Waals surface area contributed by atoms with Crippen LogP contribution in [0.15, 0.2) is 22.9 Å². The lowest BCUT2D eigenvalue weighted by Crippen LogP contribution is -1.88. The Morgan fingerprint density at radius 1 is 1.26 bits per heavy atom. The van der Waals surface area contributed by atoms with Gasteiger partial charge in [0.1, 0.15) is 0 Å². The Balaban J connectivity index is 2.04. The van der Waals surface area contributed by atoms with Gasteiger partial charge in [0, 0.05) is 4.88 Å². The van der Waals surface area contributed by atoms with Crippen LogP contribution in [0.5, 0.6) is 0 Å². The normalized spacial score (nSPS) is 10.8. The minimum absolute atomic E-state index is 0.199. The average Bonchev–Trinajstić information content (AvgIpc) is 3.02. The topological polar surface area (TPSA) is 17.1 Å². The Morgan fingerprint density at radius 3 is 2.84 bits per heavy atom. The van der Waals surface area contributed by atoms with E-state index in [1.54, 1.807) is 22.8 Å². The Bertz CT molecular complexity index is 542. The summed E-state index contributed by atoms with van der Waals surface area (Å²) in [7, 11) is 0. The van der Waals surface area contributed by atoms with E-state index in [-0.39, 0.29) is 5.56 Å². The molecule has 102 valence electrons. The van der Waals surface area contributed by atoms with Crippen LogP contribution >= 0.6 is 22.7 Å². The summed E-state index contributed by atoms with van der Waals surface area (Å²) in [6, 6.07) is 2.31. The molecule has 0 aromatic carbocycles. The lowest BCUT2D eigenvalue weighted by molar-refractivity contribution is 0.0837. The molecule has 2 heterocycles. The van der Waals surface area contributed by atoms with Gasteiger partial charge in [-0.3, -0.25) is 4.79 Å². The Morgan fingerprint density at radius 2 is 2.11 bits per heavy atom. The molecule has 1 nitrogen and oxygen atoms in total. The van der Waals surface area contributed by atoms with Gasteiger partial charge in [0.05, 0.1) is 10.4 Å². The van der Waals surface area contributed by atoms with Crippen LogP contribution in [0.2, 0.25) is 0 Å². The molecule has 0 radical (unpaired) electrons. The van der Waals surface area contributed by atoms with Gasteiger partial charge in [-0.25, -0.2) is 0 Å². The van der Waals surface area contributed by atoms with Crippen LogP contribution in [0.3, 0.4) is 0 Å². The first-order chi connectivity index (χ1) is 9.22. The van der Waals surface area contributed by atoms with Crippen molar-refractivity contribution in [2.45, 2.75) is 39.0 Å². The molecule has 0 saturated heterocycles. The summed E-state index contributed by atoms with van der Waals surface area (Å²) in [4.78, 5) is 12.7. The molecule has 0 atom stereocenters. The van der Waals surface area contributed by atoms with Crippen LogP contribution in [0.4, 0.5) is 4.39 Å². The first-order valence-corrected chi connectivity index (χ1v) is 8.33. The fourth-order valence-electron chi connectivity index (χ4n) is 2.04. The Labute approximate surface area is 121 Å². The van der Waals surface area contributed by atoms with Gasteiger partial charge >= 0.3 is 6.04 Å². The van der Waals surface area contributed by atoms with Crippen molar-refractivity contribution in [1.82, 2.24) is 0 Å². The van der Waals surface area contributed by atoms with Crippen molar-refractivity contribution in [2.24, 2.45) is 0 Å². The van der Waals surface area contributed by atoms with E-state index in [2.05, 4.69) is 18.4 Å². The van der Waals surface area contributed by atoms with E-state index < -0.39 is 6.04 Å². The SMILES string of the molecule is CCCCCCc1csc(-c2sccc2C(=O)F)c1. The number of aryl methyl sites for hydroxylation is 1. The van der Waals surface area contributed by atoms with Crippen LogP contribution in [0.1, 0.15) is 48.5 Å². The van der Waals surface area contributed by atoms with Crippen LogP contribution in [-0.4, -0.2) is 6.04 Å². The molecule has 0 unspecified atom stereocenters. The summed E-state index contributed by atoms with van der Waals surface area (Å²) < 4.78 is 12.9. The van der Waals surface area contributed by atoms with Crippen molar-refractivity contribution < 1.29 is 9.18 Å². The van der Waals surface area contributed by atoms with Gasteiger partial charge < -0.3 is 0 Å². The molecule has 0 bridgehead atoms. The third-order valence-corrected chi connectivity index (χ3v) is 5.15. The van der Waals surface area contributed by atoms with Crippen molar-refractivity contribution in [3.8, 4) is 9.75 Å². The molecule has 4 heteroatoms. The maximum absolute atomic E-state index is 12.9. The average molecular weight is 296 g/mol. The quantitative estimate of drug-likeness (QED) is 0.472. The molecule has 0 saturated carbocycles. The smallest absolute Gasteiger partial charge is 0.255 e. The Kier molecular flexibility index (Phi) is 5.28. The molecule has 0 fully saturated rings. The summed E-state index contributed by atoms with van der Waals surface area (Å²) in [6.07, 6.45) is 6.05. The van der Waals surface area contributed by atoms with Crippen molar-refractivity contribution in [1.29, 1.82) is 0 Å². The van der Waals surface area contributed by atoms with Gasteiger partial charge in [0.25, 0.3) is 0 Å². The zero-order valence-corrected chi connectivity index (χ0v) is 12.6. The highest BCUT2D eigenvalue weighted by Crippen LogP contribution is 2.35. The number of hydrogen-bond donors (Lipinski definition) is 0.